The van der Waals surface area contributed by atoms with Crippen LogP contribution in [-0.2, 0) is 4.74 Å². The summed E-state index contributed by atoms with van der Waals surface area (Å²) >= 11 is 0. The van der Waals surface area contributed by atoms with Gasteiger partial charge in [0.2, 0.25) is 0 Å². The quantitative estimate of drug-likeness (QED) is 0.325. The molecule has 0 radical (unpaired) electrons. The predicted octanol–water partition coefficient (Wildman–Crippen LogP) is 1.10. The molecule has 38 valence electrons. The van der Waals surface area contributed by atoms with E-state index < -0.39 is 0 Å². The fourth-order valence-corrected chi connectivity index (χ4v) is 1.19. The molecular weight excluding hydrogens is 88.1 g/mol. The molecule has 1 aliphatic heterocycles. The second-order valence-corrected chi connectivity index (χ2v) is 2.29. The monoisotopic (exact) mass is 96.1 g/mol. The van der Waals surface area contributed by atoms with Crippen molar-refractivity contribution < 1.29 is 4.74 Å². The molecule has 1 nitrogen and oxygen atoms in total. The van der Waals surface area contributed by atoms with Crippen LogP contribution in [0.25, 0.3) is 0 Å². The maximum Gasteiger partial charge on any atom is 0.105 e. The first kappa shape index (κ1) is 3.67. The molecule has 2 fully saturated rings. The van der Waals surface area contributed by atoms with E-state index >= 15 is 0 Å². The summed E-state index contributed by atoms with van der Waals surface area (Å²) in [6, 6.07) is 0. The van der Waals surface area contributed by atoms with Gasteiger partial charge < -0.3 is 4.74 Å². The molecule has 1 aliphatic carbocycles. The standard InChI is InChI=1S/C6H8O/c1-4-2-3-5-6(4)7-5/h5-6H,1-3H2. The first-order valence-corrected chi connectivity index (χ1v) is 2.71. The summed E-state index contributed by atoms with van der Waals surface area (Å²) < 4.78 is 5.17. The van der Waals surface area contributed by atoms with Crippen molar-refractivity contribution in [1.82, 2.24) is 0 Å². The van der Waals surface area contributed by atoms with Crippen LogP contribution in [0.5, 0.6) is 0 Å². The van der Waals surface area contributed by atoms with Gasteiger partial charge in [0.25, 0.3) is 0 Å². The number of epoxide rings is 1. The molecule has 2 unspecified atom stereocenters. The van der Waals surface area contributed by atoms with E-state index in [4.69, 9.17) is 4.74 Å². The van der Waals surface area contributed by atoms with Gasteiger partial charge in [-0.1, -0.05) is 6.58 Å². The zero-order valence-corrected chi connectivity index (χ0v) is 4.18. The first-order chi connectivity index (χ1) is 3.38. The van der Waals surface area contributed by atoms with Crippen LogP contribution in [0.15, 0.2) is 12.2 Å². The van der Waals surface area contributed by atoms with Crippen molar-refractivity contribution in [2.75, 3.05) is 0 Å². The van der Waals surface area contributed by atoms with Crippen LogP contribution in [-0.4, -0.2) is 12.2 Å². The highest BCUT2D eigenvalue weighted by Crippen LogP contribution is 2.41. The predicted molar refractivity (Wildman–Crippen MR) is 27.0 cm³/mol. The van der Waals surface area contributed by atoms with E-state index in [2.05, 4.69) is 6.58 Å². The molecule has 2 rings (SSSR count). The zero-order chi connectivity index (χ0) is 4.85. The Kier molecular flexibility index (Phi) is 0.482. The molecule has 2 atom stereocenters. The van der Waals surface area contributed by atoms with Gasteiger partial charge in [-0.3, -0.25) is 0 Å². The number of rotatable bonds is 0. The van der Waals surface area contributed by atoms with Gasteiger partial charge in [-0.2, -0.15) is 0 Å². The van der Waals surface area contributed by atoms with Crippen molar-refractivity contribution in [3.63, 3.8) is 0 Å². The average Bonchev–Trinajstić information content (AvgIpc) is 2.33. The number of hydrogen-bond donors (Lipinski definition) is 0. The smallest absolute Gasteiger partial charge is 0.105 e. The fourth-order valence-electron chi connectivity index (χ4n) is 1.19. The first-order valence-electron chi connectivity index (χ1n) is 2.71. The third-order valence-electron chi connectivity index (χ3n) is 1.73. The van der Waals surface area contributed by atoms with Gasteiger partial charge in [0, 0.05) is 0 Å². The van der Waals surface area contributed by atoms with Gasteiger partial charge in [-0.05, 0) is 18.4 Å². The van der Waals surface area contributed by atoms with Gasteiger partial charge in [0.05, 0.1) is 6.10 Å². The van der Waals surface area contributed by atoms with Crippen molar-refractivity contribution in [3.8, 4) is 0 Å². The topological polar surface area (TPSA) is 12.5 Å². The molecule has 1 saturated carbocycles. The molecule has 1 heterocycles. The Balaban J connectivity index is 2.21. The van der Waals surface area contributed by atoms with Crippen LogP contribution in [0.4, 0.5) is 0 Å². The van der Waals surface area contributed by atoms with E-state index in [1.807, 2.05) is 0 Å². The Labute approximate surface area is 43.0 Å². The van der Waals surface area contributed by atoms with Gasteiger partial charge in [0.15, 0.2) is 0 Å². The Morgan fingerprint density at radius 2 is 2.57 bits per heavy atom. The maximum absolute atomic E-state index is 5.17. The highest BCUT2D eigenvalue weighted by molar-refractivity contribution is 5.19. The molecule has 1 saturated heterocycles. The van der Waals surface area contributed by atoms with Crippen LogP contribution < -0.4 is 0 Å². The molecular formula is C6H8O. The van der Waals surface area contributed by atoms with E-state index in [0.717, 1.165) is 0 Å². The summed E-state index contributed by atoms with van der Waals surface area (Å²) in [4.78, 5) is 0. The summed E-state index contributed by atoms with van der Waals surface area (Å²) in [6.45, 7) is 3.85. The SMILES string of the molecule is C=C1CCC2OC12. The van der Waals surface area contributed by atoms with Crippen LogP contribution >= 0.6 is 0 Å². The molecule has 7 heavy (non-hydrogen) atoms. The normalized spacial score (nSPS) is 46.6. The summed E-state index contributed by atoms with van der Waals surface area (Å²) in [5.74, 6) is 0. The largest absolute Gasteiger partial charge is 0.365 e. The van der Waals surface area contributed by atoms with Crippen molar-refractivity contribution in [2.45, 2.75) is 25.0 Å². The highest BCUT2D eigenvalue weighted by atomic mass is 16.6. The van der Waals surface area contributed by atoms with E-state index in [1.54, 1.807) is 0 Å². The average molecular weight is 96.1 g/mol. The van der Waals surface area contributed by atoms with Crippen LogP contribution in [0, 0.1) is 0 Å². The third-order valence-corrected chi connectivity index (χ3v) is 1.73. The lowest BCUT2D eigenvalue weighted by molar-refractivity contribution is 0.353. The Bertz CT molecular complexity index is 117. The van der Waals surface area contributed by atoms with Crippen molar-refractivity contribution >= 4 is 0 Å². The summed E-state index contributed by atoms with van der Waals surface area (Å²) in [7, 11) is 0. The van der Waals surface area contributed by atoms with Gasteiger partial charge in [-0.15, -0.1) is 0 Å². The van der Waals surface area contributed by atoms with E-state index in [-0.39, 0.29) is 0 Å². The fraction of sp³-hybridized carbons (Fsp3) is 0.667. The molecule has 1 heteroatoms. The second kappa shape index (κ2) is 0.920. The Morgan fingerprint density at radius 3 is 2.71 bits per heavy atom. The number of ether oxygens (including phenoxy) is 1. The molecule has 0 amide bonds. The number of fused-ring (bicyclic) bond motifs is 1. The molecule has 0 aromatic carbocycles. The highest BCUT2D eigenvalue weighted by Gasteiger charge is 2.45. The van der Waals surface area contributed by atoms with Crippen molar-refractivity contribution in [1.29, 1.82) is 0 Å². The number of hydrogen-bond acceptors (Lipinski definition) is 1. The maximum atomic E-state index is 5.17. The molecule has 0 aromatic rings. The van der Waals surface area contributed by atoms with E-state index in [0.29, 0.717) is 12.2 Å². The summed E-state index contributed by atoms with van der Waals surface area (Å²) in [6.07, 6.45) is 3.51. The lowest BCUT2D eigenvalue weighted by atomic mass is 10.3. The molecule has 0 N–H and O–H groups in total. The summed E-state index contributed by atoms with van der Waals surface area (Å²) in [5.41, 5.74) is 1.31. The minimum atomic E-state index is 0.486. The lowest BCUT2D eigenvalue weighted by Gasteiger charge is -1.88. The van der Waals surface area contributed by atoms with E-state index in [9.17, 15) is 0 Å². The zero-order valence-electron chi connectivity index (χ0n) is 4.18. The molecule has 2 aliphatic rings. The minimum Gasteiger partial charge on any atom is -0.365 e. The second-order valence-electron chi connectivity index (χ2n) is 2.29. The van der Waals surface area contributed by atoms with Crippen molar-refractivity contribution in [3.05, 3.63) is 12.2 Å². The molecule has 0 aromatic heterocycles. The van der Waals surface area contributed by atoms with Crippen LogP contribution in [0.3, 0.4) is 0 Å². The minimum absolute atomic E-state index is 0.486. The summed E-state index contributed by atoms with van der Waals surface area (Å²) in [5, 5.41) is 0. The van der Waals surface area contributed by atoms with Gasteiger partial charge in [0.1, 0.15) is 6.10 Å². The third kappa shape index (κ3) is 0.361. The van der Waals surface area contributed by atoms with Crippen LogP contribution in [0.2, 0.25) is 0 Å². The molecule has 0 bridgehead atoms. The van der Waals surface area contributed by atoms with Crippen LogP contribution in [0.1, 0.15) is 12.8 Å². The Morgan fingerprint density at radius 1 is 1.71 bits per heavy atom. The lowest BCUT2D eigenvalue weighted by Crippen LogP contribution is -1.80. The van der Waals surface area contributed by atoms with Crippen molar-refractivity contribution in [2.24, 2.45) is 0 Å². The van der Waals surface area contributed by atoms with Gasteiger partial charge >= 0.3 is 0 Å². The van der Waals surface area contributed by atoms with E-state index in [1.165, 1.54) is 18.4 Å². The molecule has 0 spiro atoms. The Hall–Kier alpha value is -0.300. The van der Waals surface area contributed by atoms with Gasteiger partial charge in [-0.25, -0.2) is 0 Å².